The van der Waals surface area contributed by atoms with Crippen molar-refractivity contribution in [2.45, 2.75) is 24.3 Å². The van der Waals surface area contributed by atoms with E-state index in [1.807, 2.05) is 6.92 Å². The number of halogens is 2. The zero-order chi connectivity index (χ0) is 14.4. The van der Waals surface area contributed by atoms with E-state index in [1.165, 1.54) is 0 Å². The smallest absolute Gasteiger partial charge is 0.253 e. The maximum absolute atomic E-state index is 13.5. The first-order valence-electron chi connectivity index (χ1n) is 5.53. The number of carbonyl (C=O) groups is 1. The van der Waals surface area contributed by atoms with E-state index in [-0.39, 0.29) is 11.6 Å². The Morgan fingerprint density at radius 3 is 2.58 bits per heavy atom. The monoisotopic (exact) mass is 306 g/mol. The highest BCUT2D eigenvalue weighted by molar-refractivity contribution is 7.89. The minimum Gasteiger partial charge on any atom is -0.349 e. The molecule has 0 heterocycles. The van der Waals surface area contributed by atoms with E-state index >= 15 is 0 Å². The van der Waals surface area contributed by atoms with E-state index in [0.29, 0.717) is 12.0 Å². The molecule has 1 saturated carbocycles. The number of nitrogens with one attached hydrogen (secondary N) is 1. The number of primary sulfonamides is 1. The molecule has 8 heteroatoms. The van der Waals surface area contributed by atoms with Gasteiger partial charge in [-0.25, -0.2) is 17.9 Å². The summed E-state index contributed by atoms with van der Waals surface area (Å²) in [7, 11) is -4.10. The molecule has 1 aromatic carbocycles. The second-order valence-corrected chi connectivity index (χ2v) is 6.54. The molecule has 0 spiro atoms. The molecule has 2 atom stereocenters. The molecule has 1 amide bonds. The number of rotatable bonds is 3. The standard InChI is InChI=1S/C11H12ClFN2O3S/c1-5-2-9(5)15-11(16)7-3-6(19(14,17)18)4-8(13)10(7)12/h3-5,9H,2H2,1H3,(H,15,16)(H2,14,17,18). The largest absolute Gasteiger partial charge is 0.349 e. The number of carbonyl (C=O) groups excluding carboxylic acids is 1. The van der Waals surface area contributed by atoms with Crippen molar-refractivity contribution in [1.29, 1.82) is 0 Å². The number of hydrogen-bond acceptors (Lipinski definition) is 3. The van der Waals surface area contributed by atoms with Crippen molar-refractivity contribution in [2.75, 3.05) is 0 Å². The Morgan fingerprint density at radius 2 is 2.11 bits per heavy atom. The summed E-state index contributed by atoms with van der Waals surface area (Å²) < 4.78 is 35.9. The number of sulfonamides is 1. The molecule has 1 fully saturated rings. The summed E-state index contributed by atoms with van der Waals surface area (Å²) in [6.45, 7) is 1.95. The summed E-state index contributed by atoms with van der Waals surface area (Å²) >= 11 is 5.68. The van der Waals surface area contributed by atoms with Crippen LogP contribution in [0.25, 0.3) is 0 Å². The van der Waals surface area contributed by atoms with Gasteiger partial charge < -0.3 is 5.32 Å². The van der Waals surface area contributed by atoms with Gasteiger partial charge in [0.05, 0.1) is 15.5 Å². The van der Waals surface area contributed by atoms with Gasteiger partial charge in [0, 0.05) is 6.04 Å². The van der Waals surface area contributed by atoms with Gasteiger partial charge in [-0.15, -0.1) is 0 Å². The van der Waals surface area contributed by atoms with Crippen LogP contribution in [-0.2, 0) is 10.0 Å². The lowest BCUT2D eigenvalue weighted by Crippen LogP contribution is -2.27. The highest BCUT2D eigenvalue weighted by Crippen LogP contribution is 2.30. The molecule has 5 nitrogen and oxygen atoms in total. The van der Waals surface area contributed by atoms with Gasteiger partial charge in [-0.05, 0) is 24.5 Å². The maximum Gasteiger partial charge on any atom is 0.253 e. The molecule has 3 N–H and O–H groups in total. The molecular weight excluding hydrogens is 295 g/mol. The van der Waals surface area contributed by atoms with E-state index < -0.39 is 31.7 Å². The molecule has 1 aliphatic rings. The molecule has 19 heavy (non-hydrogen) atoms. The van der Waals surface area contributed by atoms with E-state index in [2.05, 4.69) is 5.32 Å². The first-order chi connectivity index (χ1) is 8.70. The Kier molecular flexibility index (Phi) is 3.55. The van der Waals surface area contributed by atoms with Gasteiger partial charge in [0.1, 0.15) is 5.82 Å². The van der Waals surface area contributed by atoms with Crippen LogP contribution >= 0.6 is 11.6 Å². The quantitative estimate of drug-likeness (QED) is 0.881. The lowest BCUT2D eigenvalue weighted by molar-refractivity contribution is 0.0949. The van der Waals surface area contributed by atoms with Gasteiger partial charge in [-0.2, -0.15) is 0 Å². The Labute approximate surface area is 115 Å². The van der Waals surface area contributed by atoms with Crippen molar-refractivity contribution < 1.29 is 17.6 Å². The summed E-state index contributed by atoms with van der Waals surface area (Å²) in [6.07, 6.45) is 0.834. The number of benzene rings is 1. The predicted molar refractivity (Wildman–Crippen MR) is 67.8 cm³/mol. The fraction of sp³-hybridized carbons (Fsp3) is 0.364. The van der Waals surface area contributed by atoms with Crippen LogP contribution in [0.1, 0.15) is 23.7 Å². The van der Waals surface area contributed by atoms with Gasteiger partial charge in [0.25, 0.3) is 5.91 Å². The molecule has 0 saturated heterocycles. The zero-order valence-electron chi connectivity index (χ0n) is 9.98. The molecule has 0 radical (unpaired) electrons. The fourth-order valence-corrected chi connectivity index (χ4v) is 2.41. The maximum atomic E-state index is 13.5. The molecular formula is C11H12ClFN2O3S. The molecule has 1 aromatic rings. The van der Waals surface area contributed by atoms with Crippen LogP contribution in [0.4, 0.5) is 4.39 Å². The fourth-order valence-electron chi connectivity index (χ4n) is 1.66. The minimum absolute atomic E-state index is 0.0183. The van der Waals surface area contributed by atoms with Crippen LogP contribution in [-0.4, -0.2) is 20.4 Å². The van der Waals surface area contributed by atoms with Crippen molar-refractivity contribution in [3.63, 3.8) is 0 Å². The number of amides is 1. The highest BCUT2D eigenvalue weighted by atomic mass is 35.5. The van der Waals surface area contributed by atoms with Crippen molar-refractivity contribution >= 4 is 27.5 Å². The summed E-state index contributed by atoms with van der Waals surface area (Å²) in [5, 5.41) is 7.13. The third kappa shape index (κ3) is 3.05. The average Bonchev–Trinajstić information content (AvgIpc) is 2.96. The van der Waals surface area contributed by atoms with Crippen molar-refractivity contribution in [2.24, 2.45) is 11.1 Å². The van der Waals surface area contributed by atoms with Gasteiger partial charge in [-0.3, -0.25) is 4.79 Å². The molecule has 2 unspecified atom stereocenters. The third-order valence-electron chi connectivity index (χ3n) is 3.00. The second-order valence-electron chi connectivity index (χ2n) is 4.60. The molecule has 1 aliphatic carbocycles. The van der Waals surface area contributed by atoms with Crippen LogP contribution in [0.5, 0.6) is 0 Å². The third-order valence-corrected chi connectivity index (χ3v) is 4.28. The predicted octanol–water partition coefficient (Wildman–Crippen LogP) is 1.26. The summed E-state index contributed by atoms with van der Waals surface area (Å²) in [5.41, 5.74) is -0.232. The average molecular weight is 307 g/mol. The van der Waals surface area contributed by atoms with Gasteiger partial charge in [0.2, 0.25) is 10.0 Å². The first-order valence-corrected chi connectivity index (χ1v) is 7.45. The van der Waals surface area contributed by atoms with Crippen molar-refractivity contribution in [1.82, 2.24) is 5.32 Å². The highest BCUT2D eigenvalue weighted by Gasteiger charge is 2.34. The van der Waals surface area contributed by atoms with Gasteiger partial charge in [-0.1, -0.05) is 18.5 Å². The normalized spacial score (nSPS) is 22.1. The van der Waals surface area contributed by atoms with Crippen LogP contribution in [0.2, 0.25) is 5.02 Å². The van der Waals surface area contributed by atoms with Gasteiger partial charge in [0.15, 0.2) is 0 Å². The molecule has 0 aliphatic heterocycles. The van der Waals surface area contributed by atoms with Gasteiger partial charge >= 0.3 is 0 Å². The van der Waals surface area contributed by atoms with Crippen LogP contribution in [0, 0.1) is 11.7 Å². The van der Waals surface area contributed by atoms with Crippen molar-refractivity contribution in [3.8, 4) is 0 Å². The van der Waals surface area contributed by atoms with Crippen molar-refractivity contribution in [3.05, 3.63) is 28.5 Å². The number of nitrogens with two attached hydrogens (primary N) is 1. The van der Waals surface area contributed by atoms with Crippen LogP contribution in [0.15, 0.2) is 17.0 Å². The Morgan fingerprint density at radius 1 is 1.53 bits per heavy atom. The van der Waals surface area contributed by atoms with E-state index in [0.717, 1.165) is 12.5 Å². The minimum atomic E-state index is -4.10. The van der Waals surface area contributed by atoms with E-state index in [4.69, 9.17) is 16.7 Å². The van der Waals surface area contributed by atoms with E-state index in [9.17, 15) is 17.6 Å². The molecule has 0 aromatic heterocycles. The lowest BCUT2D eigenvalue weighted by Gasteiger charge is -2.08. The number of hydrogen-bond donors (Lipinski definition) is 2. The second kappa shape index (κ2) is 4.73. The Hall–Kier alpha value is -1.18. The zero-order valence-corrected chi connectivity index (χ0v) is 11.6. The summed E-state index contributed by atoms with van der Waals surface area (Å²) in [6, 6.07) is 1.68. The summed E-state index contributed by atoms with van der Waals surface area (Å²) in [4.78, 5) is 11.4. The Balaban J connectivity index is 2.38. The lowest BCUT2D eigenvalue weighted by atomic mass is 10.2. The first kappa shape index (κ1) is 14.2. The van der Waals surface area contributed by atoms with E-state index in [1.54, 1.807) is 0 Å². The SMILES string of the molecule is CC1CC1NC(=O)c1cc(S(N)(=O)=O)cc(F)c1Cl. The summed E-state index contributed by atoms with van der Waals surface area (Å²) in [5.74, 6) is -1.25. The molecule has 104 valence electrons. The van der Waals surface area contributed by atoms with Crippen LogP contribution in [0.3, 0.4) is 0 Å². The topological polar surface area (TPSA) is 89.3 Å². The molecule has 2 rings (SSSR count). The Bertz CT molecular complexity index is 648. The van der Waals surface area contributed by atoms with Crippen LogP contribution < -0.4 is 10.5 Å². The molecule has 0 bridgehead atoms.